The fourth-order valence-corrected chi connectivity index (χ4v) is 4.46. The van der Waals surface area contributed by atoms with Gasteiger partial charge in [-0.3, -0.25) is 34.4 Å². The summed E-state index contributed by atoms with van der Waals surface area (Å²) in [6, 6.07) is 2.77. The molecule has 3 aromatic rings. The van der Waals surface area contributed by atoms with Gasteiger partial charge in [0, 0.05) is 30.3 Å². The van der Waals surface area contributed by atoms with E-state index in [1.54, 1.807) is 19.1 Å². The van der Waals surface area contributed by atoms with Crippen LogP contribution in [0, 0.1) is 5.41 Å². The number of rotatable bonds is 18. The predicted octanol–water partition coefficient (Wildman–Crippen LogP) is -1.40. The van der Waals surface area contributed by atoms with E-state index < -0.39 is 60.1 Å². The number of aliphatic carboxylic acids is 2. The molecule has 2 aromatic heterocycles. The third-order valence-corrected chi connectivity index (χ3v) is 6.92. The topological polar surface area (TPSA) is 333 Å². The summed E-state index contributed by atoms with van der Waals surface area (Å²) in [7, 11) is 0. The Morgan fingerprint density at radius 3 is 2.37 bits per heavy atom. The van der Waals surface area contributed by atoms with E-state index >= 15 is 0 Å². The zero-order valence-corrected chi connectivity index (χ0v) is 26.4. The van der Waals surface area contributed by atoms with Crippen LogP contribution in [0.3, 0.4) is 0 Å². The smallest absolute Gasteiger partial charge is 0.326 e. The van der Waals surface area contributed by atoms with E-state index in [4.69, 9.17) is 16.9 Å². The molecule has 2 heterocycles. The molecule has 3 rings (SSSR count). The first-order valence-electron chi connectivity index (χ1n) is 15.0. The number of nitrogens with one attached hydrogen (secondary N) is 7. The number of nitrogen functional groups attached to an aromatic ring is 1. The second-order valence-electron chi connectivity index (χ2n) is 10.9. The Labute approximate surface area is 278 Å². The van der Waals surface area contributed by atoms with E-state index in [-0.39, 0.29) is 47.6 Å². The van der Waals surface area contributed by atoms with Crippen LogP contribution in [0.5, 0.6) is 0 Å². The summed E-state index contributed by atoms with van der Waals surface area (Å²) in [5.41, 5.74) is 11.5. The highest BCUT2D eigenvalue weighted by Gasteiger charge is 2.27. The van der Waals surface area contributed by atoms with Crippen LogP contribution in [0.1, 0.15) is 55.1 Å². The number of amides is 3. The van der Waals surface area contributed by atoms with Crippen molar-refractivity contribution in [1.82, 2.24) is 41.2 Å². The van der Waals surface area contributed by atoms with Crippen molar-refractivity contribution in [3.63, 3.8) is 0 Å². The first-order valence-corrected chi connectivity index (χ1v) is 15.0. The van der Waals surface area contributed by atoms with Gasteiger partial charge >= 0.3 is 11.9 Å². The molecule has 0 bridgehead atoms. The standard InChI is InChI=1S/C29H38N12O8/c1-14(3-2-10-33-28(30)31)36-25(46)19(11-21(43)44)38-20(42)9-8-18(27(48)49)39-24(45)15-4-6-16(7-5-15)34-12-17-13-35-23-22(37-17)26(47)41-29(32)40-23/h4-7,13-14,18-19,34H,2-3,8-12H2,1H3,(H,36,46)(H,38,42)(H,39,45)(H,43,44)(H,48,49)(H4,30,31,33)(H3,32,35,40,41,47)/t14-,18+,19+/m0/s1. The van der Waals surface area contributed by atoms with E-state index in [1.807, 2.05) is 0 Å². The predicted molar refractivity (Wildman–Crippen MR) is 175 cm³/mol. The molecule has 0 aliphatic carbocycles. The summed E-state index contributed by atoms with van der Waals surface area (Å²) in [6.45, 7) is 2.27. The number of hydrogen-bond acceptors (Lipinski definition) is 12. The summed E-state index contributed by atoms with van der Waals surface area (Å²) in [6.07, 6.45) is 0.992. The molecule has 0 fully saturated rings. The first-order chi connectivity index (χ1) is 23.2. The lowest BCUT2D eigenvalue weighted by Crippen LogP contribution is -2.50. The lowest BCUT2D eigenvalue weighted by Gasteiger charge is -2.21. The number of benzene rings is 1. The van der Waals surface area contributed by atoms with Crippen molar-refractivity contribution >= 4 is 58.4 Å². The SMILES string of the molecule is C[C@@H](CCCNC(=N)N)NC(=O)[C@@H](CC(=O)O)NC(=O)CC[C@@H](NC(=O)c1ccc(NCc2cnc3nc(N)[nH]c(=O)c3n2)cc1)C(=O)O. The second-order valence-corrected chi connectivity index (χ2v) is 10.9. The number of fused-ring (bicyclic) bond motifs is 1. The quantitative estimate of drug-likeness (QED) is 0.0417. The number of aromatic nitrogens is 4. The number of hydrogen-bond donors (Lipinski definition) is 11. The summed E-state index contributed by atoms with van der Waals surface area (Å²) in [5.74, 6) is -5.24. The zero-order valence-electron chi connectivity index (χ0n) is 26.4. The minimum absolute atomic E-state index is 0.0222. The zero-order chi connectivity index (χ0) is 36.1. The maximum Gasteiger partial charge on any atom is 0.326 e. The Morgan fingerprint density at radius 2 is 1.71 bits per heavy atom. The highest BCUT2D eigenvalue weighted by molar-refractivity contribution is 5.97. The molecule has 13 N–H and O–H groups in total. The Bertz CT molecular complexity index is 1750. The number of carbonyl (C=O) groups is 5. The summed E-state index contributed by atoms with van der Waals surface area (Å²) < 4.78 is 0. The largest absolute Gasteiger partial charge is 0.481 e. The van der Waals surface area contributed by atoms with Crippen molar-refractivity contribution in [2.75, 3.05) is 17.6 Å². The number of aromatic amines is 1. The van der Waals surface area contributed by atoms with Gasteiger partial charge in [0.25, 0.3) is 11.5 Å². The van der Waals surface area contributed by atoms with Crippen molar-refractivity contribution < 1.29 is 34.2 Å². The molecular formula is C29H38N12O8. The lowest BCUT2D eigenvalue weighted by molar-refractivity contribution is -0.140. The molecule has 20 nitrogen and oxygen atoms in total. The Kier molecular flexibility index (Phi) is 13.3. The van der Waals surface area contributed by atoms with Crippen LogP contribution < -0.4 is 43.6 Å². The molecule has 0 aliphatic rings. The maximum absolute atomic E-state index is 12.8. The van der Waals surface area contributed by atoms with Gasteiger partial charge in [0.15, 0.2) is 17.1 Å². The summed E-state index contributed by atoms with van der Waals surface area (Å²) in [5, 5.41) is 39.0. The molecule has 0 saturated heterocycles. The highest BCUT2D eigenvalue weighted by atomic mass is 16.4. The van der Waals surface area contributed by atoms with Gasteiger partial charge < -0.3 is 48.3 Å². The van der Waals surface area contributed by atoms with E-state index in [2.05, 4.69) is 46.5 Å². The second kappa shape index (κ2) is 17.5. The number of carbonyl (C=O) groups excluding carboxylic acids is 3. The first kappa shape index (κ1) is 37.1. The van der Waals surface area contributed by atoms with Crippen LogP contribution in [0.4, 0.5) is 11.6 Å². The highest BCUT2D eigenvalue weighted by Crippen LogP contribution is 2.12. The monoisotopic (exact) mass is 682 g/mol. The van der Waals surface area contributed by atoms with Crippen molar-refractivity contribution in [2.24, 2.45) is 5.73 Å². The molecular weight excluding hydrogens is 644 g/mol. The van der Waals surface area contributed by atoms with Crippen LogP contribution in [-0.2, 0) is 25.7 Å². The van der Waals surface area contributed by atoms with Crippen LogP contribution in [0.2, 0.25) is 0 Å². The van der Waals surface area contributed by atoms with Crippen LogP contribution in [0.25, 0.3) is 11.2 Å². The number of carboxylic acid groups (broad SMARTS) is 2. The van der Waals surface area contributed by atoms with Crippen LogP contribution in [-0.4, -0.2) is 90.4 Å². The number of anilines is 2. The van der Waals surface area contributed by atoms with Gasteiger partial charge in [-0.25, -0.2) is 14.8 Å². The van der Waals surface area contributed by atoms with Gasteiger partial charge in [-0.15, -0.1) is 0 Å². The number of nitrogens with zero attached hydrogens (tertiary/aromatic N) is 3. The molecule has 0 saturated carbocycles. The number of H-pyrrole nitrogens is 1. The maximum atomic E-state index is 12.8. The third kappa shape index (κ3) is 12.1. The average Bonchev–Trinajstić information content (AvgIpc) is 3.03. The average molecular weight is 683 g/mol. The van der Waals surface area contributed by atoms with Crippen molar-refractivity contribution in [2.45, 2.75) is 63.7 Å². The summed E-state index contributed by atoms with van der Waals surface area (Å²) in [4.78, 5) is 87.9. The number of nitrogens with two attached hydrogens (primary N) is 2. The molecule has 0 radical (unpaired) electrons. The fraction of sp³-hybridized carbons (Fsp3) is 0.379. The molecule has 3 amide bonds. The van der Waals surface area contributed by atoms with Gasteiger partial charge in [0.2, 0.25) is 17.8 Å². The summed E-state index contributed by atoms with van der Waals surface area (Å²) >= 11 is 0. The molecule has 49 heavy (non-hydrogen) atoms. The van der Waals surface area contributed by atoms with Gasteiger partial charge in [-0.2, -0.15) is 4.98 Å². The van der Waals surface area contributed by atoms with Crippen LogP contribution >= 0.6 is 0 Å². The van der Waals surface area contributed by atoms with E-state index in [1.165, 1.54) is 18.3 Å². The van der Waals surface area contributed by atoms with Gasteiger partial charge in [0.1, 0.15) is 12.1 Å². The fourth-order valence-electron chi connectivity index (χ4n) is 4.46. The minimum Gasteiger partial charge on any atom is -0.481 e. The molecule has 262 valence electrons. The van der Waals surface area contributed by atoms with Crippen molar-refractivity contribution in [3.8, 4) is 0 Å². The third-order valence-electron chi connectivity index (χ3n) is 6.92. The van der Waals surface area contributed by atoms with Gasteiger partial charge in [-0.1, -0.05) is 0 Å². The molecule has 0 spiro atoms. The Hall–Kier alpha value is -6.34. The Balaban J connectivity index is 1.51. The van der Waals surface area contributed by atoms with E-state index in [0.717, 1.165) is 0 Å². The van der Waals surface area contributed by atoms with Crippen LogP contribution in [0.15, 0.2) is 35.3 Å². The molecule has 20 heteroatoms. The van der Waals surface area contributed by atoms with E-state index in [0.29, 0.717) is 30.8 Å². The molecule has 0 unspecified atom stereocenters. The number of guanidine groups is 1. The molecule has 0 aliphatic heterocycles. The molecule has 3 atom stereocenters. The van der Waals surface area contributed by atoms with Crippen molar-refractivity contribution in [3.05, 3.63) is 52.1 Å². The molecule has 1 aromatic carbocycles. The van der Waals surface area contributed by atoms with Gasteiger partial charge in [-0.05, 0) is 50.5 Å². The number of carboxylic acids is 2. The van der Waals surface area contributed by atoms with E-state index in [9.17, 15) is 39.0 Å². The Morgan fingerprint density at radius 1 is 1.00 bits per heavy atom. The van der Waals surface area contributed by atoms with Gasteiger partial charge in [0.05, 0.1) is 24.9 Å². The lowest BCUT2D eigenvalue weighted by atomic mass is 10.1. The minimum atomic E-state index is -1.47. The van der Waals surface area contributed by atoms with Crippen molar-refractivity contribution in [1.29, 1.82) is 5.41 Å². The normalized spacial score (nSPS) is 12.6.